The molecule has 1 atom stereocenters. The van der Waals surface area contributed by atoms with Gasteiger partial charge in [-0.15, -0.1) is 0 Å². The highest BCUT2D eigenvalue weighted by Gasteiger charge is 2.37. The largest absolute Gasteiger partial charge is 0.382 e. The number of anilines is 1. The average Bonchev–Trinajstić information content (AvgIpc) is 3.41. The summed E-state index contributed by atoms with van der Waals surface area (Å²) in [5, 5.41) is 12.3. The molecular formula is C22H33N7O3S. The van der Waals surface area contributed by atoms with Crippen LogP contribution < -0.4 is 11.3 Å². The summed E-state index contributed by atoms with van der Waals surface area (Å²) in [6.45, 7) is 6.39. The molecule has 3 aromatic rings. The number of H-pyrrole nitrogens is 1. The van der Waals surface area contributed by atoms with Crippen LogP contribution in [0.3, 0.4) is 0 Å². The molecule has 4 heterocycles. The van der Waals surface area contributed by atoms with Gasteiger partial charge in [-0.05, 0) is 24.3 Å². The van der Waals surface area contributed by atoms with Crippen molar-refractivity contribution in [2.24, 2.45) is 12.5 Å². The van der Waals surface area contributed by atoms with E-state index < -0.39 is 10.6 Å². The van der Waals surface area contributed by atoms with E-state index >= 15 is 0 Å². The zero-order valence-electron chi connectivity index (χ0n) is 19.4. The molecule has 33 heavy (non-hydrogen) atoms. The Labute approximate surface area is 194 Å². The highest BCUT2D eigenvalue weighted by atomic mass is 32.3. The van der Waals surface area contributed by atoms with Crippen LogP contribution in [0.2, 0.25) is 0 Å². The van der Waals surface area contributed by atoms with Crippen molar-refractivity contribution in [1.82, 2.24) is 29.4 Å². The standard InChI is InChI=1S/C22H33N7O3S/c1-22(2)6-4-5-17(22)29-13-15(19-18(21(29)30)20(23)25-24-19)16-11-14(27(3)26-16)12-28-7-9-33(31,32)10-8-28/h11,13,17,31-32H,4-10,12H2,1-3H3,(H3,23,24,25). The number of nitrogens with zero attached hydrogens (tertiary/aromatic N) is 5. The summed E-state index contributed by atoms with van der Waals surface area (Å²) in [6.07, 6.45) is 5.04. The van der Waals surface area contributed by atoms with Crippen molar-refractivity contribution in [3.63, 3.8) is 0 Å². The summed E-state index contributed by atoms with van der Waals surface area (Å²) < 4.78 is 23.5. The number of hydrogen-bond acceptors (Lipinski definition) is 7. The number of aromatic nitrogens is 5. The van der Waals surface area contributed by atoms with Crippen molar-refractivity contribution >= 4 is 27.3 Å². The number of fused-ring (bicyclic) bond motifs is 1. The molecule has 0 bridgehead atoms. The second kappa shape index (κ2) is 7.86. The summed E-state index contributed by atoms with van der Waals surface area (Å²) in [7, 11) is -0.516. The molecular weight excluding hydrogens is 442 g/mol. The second-order valence-corrected chi connectivity index (χ2v) is 12.6. The lowest BCUT2D eigenvalue weighted by atomic mass is 9.87. The Bertz CT molecular complexity index is 1250. The van der Waals surface area contributed by atoms with Crippen molar-refractivity contribution in [2.45, 2.75) is 45.7 Å². The maximum absolute atomic E-state index is 13.4. The molecule has 0 radical (unpaired) electrons. The van der Waals surface area contributed by atoms with Gasteiger partial charge in [-0.3, -0.25) is 28.6 Å². The smallest absolute Gasteiger partial charge is 0.264 e. The first-order valence-electron chi connectivity index (χ1n) is 11.4. The minimum Gasteiger partial charge on any atom is -0.382 e. The lowest BCUT2D eigenvalue weighted by molar-refractivity contribution is 0.257. The van der Waals surface area contributed by atoms with Crippen LogP contribution in [0.15, 0.2) is 17.1 Å². The van der Waals surface area contributed by atoms with E-state index in [1.807, 2.05) is 28.6 Å². The van der Waals surface area contributed by atoms with Gasteiger partial charge in [-0.25, -0.2) is 0 Å². The number of pyridine rings is 1. The van der Waals surface area contributed by atoms with E-state index in [9.17, 15) is 13.9 Å². The van der Waals surface area contributed by atoms with Gasteiger partial charge in [-0.1, -0.05) is 20.3 Å². The van der Waals surface area contributed by atoms with Crippen LogP contribution in [0.25, 0.3) is 22.2 Å². The zero-order valence-corrected chi connectivity index (χ0v) is 20.2. The molecule has 1 unspecified atom stereocenters. The summed E-state index contributed by atoms with van der Waals surface area (Å²) >= 11 is 0. The minimum atomic E-state index is -2.42. The molecule has 1 saturated heterocycles. The fraction of sp³-hybridized carbons (Fsp3) is 0.591. The molecule has 5 rings (SSSR count). The summed E-state index contributed by atoms with van der Waals surface area (Å²) in [5.74, 6) is 1.03. The van der Waals surface area contributed by atoms with Crippen molar-refractivity contribution < 1.29 is 9.11 Å². The SMILES string of the molecule is Cn1nc(-c2cn(C3CCCC3(C)C)c(=O)c3c(N)n[nH]c23)cc1CN1CCS(O)(O)CC1. The van der Waals surface area contributed by atoms with Crippen LogP contribution in [0, 0.1) is 5.41 Å². The highest BCUT2D eigenvalue weighted by molar-refractivity contribution is 8.24. The van der Waals surface area contributed by atoms with Crippen molar-refractivity contribution in [3.05, 3.63) is 28.3 Å². The fourth-order valence-electron chi connectivity index (χ4n) is 5.35. The summed E-state index contributed by atoms with van der Waals surface area (Å²) in [6, 6.07) is 2.13. The van der Waals surface area contributed by atoms with E-state index in [4.69, 9.17) is 10.8 Å². The third-order valence-corrected chi connectivity index (χ3v) is 9.10. The van der Waals surface area contributed by atoms with Crippen LogP contribution in [0.4, 0.5) is 5.82 Å². The monoisotopic (exact) mass is 475 g/mol. The second-order valence-electron chi connectivity index (χ2n) is 10.1. The van der Waals surface area contributed by atoms with Gasteiger partial charge < -0.3 is 10.3 Å². The predicted molar refractivity (Wildman–Crippen MR) is 131 cm³/mol. The van der Waals surface area contributed by atoms with E-state index in [-0.39, 0.29) is 22.8 Å². The first kappa shape index (κ1) is 22.5. The van der Waals surface area contributed by atoms with Gasteiger partial charge in [0.05, 0.1) is 28.4 Å². The van der Waals surface area contributed by atoms with Crippen LogP contribution in [0.5, 0.6) is 0 Å². The molecule has 180 valence electrons. The number of aryl methyl sites for hydroxylation is 1. The topological polar surface area (TPSA) is 138 Å². The number of hydrogen-bond donors (Lipinski definition) is 4. The normalized spacial score (nSPS) is 23.8. The molecule has 1 aliphatic heterocycles. The van der Waals surface area contributed by atoms with Gasteiger partial charge in [0.25, 0.3) is 5.56 Å². The molecule has 11 heteroatoms. The number of nitrogens with two attached hydrogens (primary N) is 1. The Kier molecular flexibility index (Phi) is 5.35. The quantitative estimate of drug-likeness (QED) is 0.455. The maximum atomic E-state index is 13.4. The van der Waals surface area contributed by atoms with Gasteiger partial charge >= 0.3 is 0 Å². The molecule has 0 spiro atoms. The van der Waals surface area contributed by atoms with Crippen molar-refractivity contribution in [2.75, 3.05) is 30.3 Å². The Hall–Kier alpha value is -2.34. The minimum absolute atomic E-state index is 0.0213. The van der Waals surface area contributed by atoms with Crippen LogP contribution >= 0.6 is 10.6 Å². The van der Waals surface area contributed by atoms with Gasteiger partial charge in [0.2, 0.25) is 0 Å². The number of aromatic amines is 1. The average molecular weight is 476 g/mol. The molecule has 1 aliphatic carbocycles. The van der Waals surface area contributed by atoms with Crippen molar-refractivity contribution in [1.29, 1.82) is 0 Å². The van der Waals surface area contributed by atoms with Gasteiger partial charge in [0.15, 0.2) is 5.82 Å². The highest BCUT2D eigenvalue weighted by Crippen LogP contribution is 2.46. The molecule has 1 saturated carbocycles. The molecule has 10 nitrogen and oxygen atoms in total. The number of nitrogens with one attached hydrogen (secondary N) is 1. The van der Waals surface area contributed by atoms with E-state index in [0.717, 1.165) is 36.2 Å². The first-order chi connectivity index (χ1) is 15.6. The van der Waals surface area contributed by atoms with Gasteiger partial charge in [0.1, 0.15) is 5.39 Å². The maximum Gasteiger partial charge on any atom is 0.264 e. The fourth-order valence-corrected chi connectivity index (χ4v) is 6.65. The molecule has 3 aromatic heterocycles. The van der Waals surface area contributed by atoms with Gasteiger partial charge in [0, 0.05) is 44.5 Å². The van der Waals surface area contributed by atoms with E-state index in [0.29, 0.717) is 42.0 Å². The third kappa shape index (κ3) is 3.96. The van der Waals surface area contributed by atoms with Crippen LogP contribution in [0.1, 0.15) is 44.8 Å². The molecule has 0 aromatic carbocycles. The number of nitrogen functional groups attached to an aromatic ring is 1. The summed E-state index contributed by atoms with van der Waals surface area (Å²) in [5.41, 5.74) is 9.22. The van der Waals surface area contributed by atoms with Crippen molar-refractivity contribution in [3.8, 4) is 11.3 Å². The molecule has 5 N–H and O–H groups in total. The lowest BCUT2D eigenvalue weighted by Gasteiger charge is -2.40. The van der Waals surface area contributed by atoms with Crippen LogP contribution in [-0.4, -0.2) is 63.1 Å². The van der Waals surface area contributed by atoms with E-state index in [2.05, 4.69) is 28.9 Å². The molecule has 2 fully saturated rings. The Balaban J connectivity index is 1.55. The molecule has 2 aliphatic rings. The van der Waals surface area contributed by atoms with Gasteiger partial charge in [-0.2, -0.15) is 20.8 Å². The zero-order chi connectivity index (χ0) is 23.5. The third-order valence-electron chi connectivity index (χ3n) is 7.42. The lowest BCUT2D eigenvalue weighted by Crippen LogP contribution is -2.38. The predicted octanol–water partition coefficient (Wildman–Crippen LogP) is 3.02. The Morgan fingerprint density at radius 2 is 2.03 bits per heavy atom. The number of rotatable bonds is 4. The molecule has 0 amide bonds. The Morgan fingerprint density at radius 1 is 1.30 bits per heavy atom. The van der Waals surface area contributed by atoms with E-state index in [1.165, 1.54) is 0 Å². The Morgan fingerprint density at radius 3 is 2.70 bits per heavy atom. The van der Waals surface area contributed by atoms with Crippen LogP contribution in [-0.2, 0) is 13.6 Å². The van der Waals surface area contributed by atoms with E-state index in [1.54, 1.807) is 0 Å². The first-order valence-corrected chi connectivity index (χ1v) is 13.3. The summed E-state index contributed by atoms with van der Waals surface area (Å²) in [4.78, 5) is 15.6.